The Balaban J connectivity index is 2.14. The number of para-hydroxylation sites is 1. The summed E-state index contributed by atoms with van der Waals surface area (Å²) in [5.41, 5.74) is 0.675. The molecule has 3 atom stereocenters. The van der Waals surface area contributed by atoms with Gasteiger partial charge in [-0.05, 0) is 12.5 Å². The molecule has 1 heterocycles. The second-order valence-electron chi connectivity index (χ2n) is 4.90. The van der Waals surface area contributed by atoms with E-state index >= 15 is 0 Å². The molecule has 2 aliphatic rings. The molecule has 0 radical (unpaired) electrons. The molecule has 1 aromatic carbocycles. The van der Waals surface area contributed by atoms with Crippen LogP contribution in [0.5, 0.6) is 0 Å². The Kier molecular flexibility index (Phi) is 2.60. The first-order valence-corrected chi connectivity index (χ1v) is 6.18. The summed E-state index contributed by atoms with van der Waals surface area (Å²) in [6.45, 7) is 0. The summed E-state index contributed by atoms with van der Waals surface area (Å²) < 4.78 is 10.5. The molecule has 0 aromatic heterocycles. The van der Waals surface area contributed by atoms with E-state index in [0.717, 1.165) is 5.56 Å². The minimum atomic E-state index is -0.883. The molecular formula is C14H15NO4. The summed E-state index contributed by atoms with van der Waals surface area (Å²) in [5.74, 6) is -1.19. The molecule has 1 aliphatic heterocycles. The van der Waals surface area contributed by atoms with Crippen molar-refractivity contribution in [1.29, 1.82) is 0 Å². The molecule has 0 spiro atoms. The number of ether oxygens (including phenoxy) is 2. The summed E-state index contributed by atoms with van der Waals surface area (Å²) in [7, 11) is 2.89. The van der Waals surface area contributed by atoms with Gasteiger partial charge in [-0.3, -0.25) is 9.59 Å². The van der Waals surface area contributed by atoms with Gasteiger partial charge in [0.05, 0.1) is 18.9 Å². The standard InChI is InChI=1S/C14H15NO4/c1-18-13(17)10-7-9-12(16)15-11-6-4-3-5-8(11)14(9,10)19-2/h3-6,9-10H,7H2,1-2H3,(H,15,16)/t9-,10-,14-/m0/s1. The smallest absolute Gasteiger partial charge is 0.312 e. The molecule has 5 heteroatoms. The van der Waals surface area contributed by atoms with E-state index in [1.807, 2.05) is 24.3 Å². The fourth-order valence-corrected chi connectivity index (χ4v) is 3.31. The molecule has 100 valence electrons. The van der Waals surface area contributed by atoms with Crippen LogP contribution in [0.1, 0.15) is 12.0 Å². The number of carbonyl (C=O) groups is 2. The predicted molar refractivity (Wildman–Crippen MR) is 67.4 cm³/mol. The maximum atomic E-state index is 12.1. The Hall–Kier alpha value is -1.88. The number of carbonyl (C=O) groups excluding carboxylic acids is 2. The molecule has 0 unspecified atom stereocenters. The van der Waals surface area contributed by atoms with E-state index in [1.54, 1.807) is 0 Å². The van der Waals surface area contributed by atoms with Gasteiger partial charge in [0.2, 0.25) is 5.91 Å². The second kappa shape index (κ2) is 4.06. The molecule has 3 rings (SSSR count). The van der Waals surface area contributed by atoms with Crippen LogP contribution in [0.3, 0.4) is 0 Å². The highest BCUT2D eigenvalue weighted by Gasteiger charge is 2.65. The predicted octanol–water partition coefficient (Wildman–Crippen LogP) is 1.29. The number of amides is 1. The van der Waals surface area contributed by atoms with Gasteiger partial charge in [0.15, 0.2) is 0 Å². The first-order valence-electron chi connectivity index (χ1n) is 6.18. The van der Waals surface area contributed by atoms with Gasteiger partial charge in [-0.25, -0.2) is 0 Å². The third-order valence-electron chi connectivity index (χ3n) is 4.25. The Morgan fingerprint density at radius 1 is 1.37 bits per heavy atom. The van der Waals surface area contributed by atoms with E-state index in [9.17, 15) is 9.59 Å². The number of anilines is 1. The minimum absolute atomic E-state index is 0.0966. The number of esters is 1. The zero-order valence-corrected chi connectivity index (χ0v) is 10.8. The molecule has 5 nitrogen and oxygen atoms in total. The van der Waals surface area contributed by atoms with Gasteiger partial charge in [-0.2, -0.15) is 0 Å². The first kappa shape index (κ1) is 12.2. The maximum Gasteiger partial charge on any atom is 0.312 e. The second-order valence-corrected chi connectivity index (χ2v) is 4.90. The Labute approximate surface area is 110 Å². The molecule has 1 fully saturated rings. The lowest BCUT2D eigenvalue weighted by Crippen LogP contribution is -2.63. The monoisotopic (exact) mass is 261 g/mol. The average molecular weight is 261 g/mol. The third-order valence-corrected chi connectivity index (χ3v) is 4.25. The molecule has 0 saturated heterocycles. The number of methoxy groups -OCH3 is 2. The van der Waals surface area contributed by atoms with E-state index in [4.69, 9.17) is 9.47 Å². The fourth-order valence-electron chi connectivity index (χ4n) is 3.31. The van der Waals surface area contributed by atoms with Gasteiger partial charge in [0, 0.05) is 18.4 Å². The average Bonchev–Trinajstić information content (AvgIpc) is 2.39. The number of rotatable bonds is 2. The van der Waals surface area contributed by atoms with Gasteiger partial charge < -0.3 is 14.8 Å². The van der Waals surface area contributed by atoms with Crippen LogP contribution in [-0.2, 0) is 24.7 Å². The van der Waals surface area contributed by atoms with Crippen LogP contribution >= 0.6 is 0 Å². The topological polar surface area (TPSA) is 64.6 Å². The Morgan fingerprint density at radius 3 is 2.79 bits per heavy atom. The molecule has 0 bridgehead atoms. The van der Waals surface area contributed by atoms with Crippen molar-refractivity contribution in [1.82, 2.24) is 0 Å². The summed E-state index contributed by atoms with van der Waals surface area (Å²) in [6, 6.07) is 7.42. The van der Waals surface area contributed by atoms with Gasteiger partial charge in [0.1, 0.15) is 5.60 Å². The van der Waals surface area contributed by atoms with E-state index < -0.39 is 11.5 Å². The number of benzene rings is 1. The normalized spacial score (nSPS) is 31.6. The lowest BCUT2D eigenvalue weighted by atomic mass is 9.55. The number of hydrogen-bond acceptors (Lipinski definition) is 4. The molecule has 1 saturated carbocycles. The van der Waals surface area contributed by atoms with Gasteiger partial charge in [-0.15, -0.1) is 0 Å². The van der Waals surface area contributed by atoms with E-state index in [1.165, 1.54) is 14.2 Å². The van der Waals surface area contributed by atoms with Crippen LogP contribution in [0.25, 0.3) is 0 Å². The fraction of sp³-hybridized carbons (Fsp3) is 0.429. The largest absolute Gasteiger partial charge is 0.469 e. The number of hydrogen-bond donors (Lipinski definition) is 1. The van der Waals surface area contributed by atoms with Crippen LogP contribution in [0.2, 0.25) is 0 Å². The SMILES string of the molecule is COC(=O)[C@@H]1C[C@H]2C(=O)Nc3ccccc3[C@]21OC. The van der Waals surface area contributed by atoms with Gasteiger partial charge in [0.25, 0.3) is 0 Å². The highest BCUT2D eigenvalue weighted by atomic mass is 16.5. The molecule has 1 aromatic rings. The van der Waals surface area contributed by atoms with Crippen LogP contribution in [0, 0.1) is 11.8 Å². The van der Waals surface area contributed by atoms with Crippen molar-refractivity contribution in [3.63, 3.8) is 0 Å². The van der Waals surface area contributed by atoms with E-state index in [0.29, 0.717) is 12.1 Å². The van der Waals surface area contributed by atoms with Crippen LogP contribution < -0.4 is 5.32 Å². The van der Waals surface area contributed by atoms with Crippen molar-refractivity contribution >= 4 is 17.6 Å². The van der Waals surface area contributed by atoms with Gasteiger partial charge in [-0.1, -0.05) is 18.2 Å². The summed E-state index contributed by atoms with van der Waals surface area (Å²) in [6.07, 6.45) is 0.459. The Bertz CT molecular complexity index is 556. The maximum absolute atomic E-state index is 12.1. The molecule has 1 N–H and O–H groups in total. The zero-order valence-electron chi connectivity index (χ0n) is 10.8. The molecular weight excluding hydrogens is 246 g/mol. The lowest BCUT2D eigenvalue weighted by Gasteiger charge is -2.55. The van der Waals surface area contributed by atoms with E-state index in [-0.39, 0.29) is 17.8 Å². The number of fused-ring (bicyclic) bond motifs is 3. The first-order chi connectivity index (χ1) is 9.15. The van der Waals surface area contributed by atoms with Crippen molar-refractivity contribution in [3.05, 3.63) is 29.8 Å². The number of nitrogens with one attached hydrogen (secondary N) is 1. The third kappa shape index (κ3) is 1.39. The van der Waals surface area contributed by atoms with E-state index in [2.05, 4.69) is 5.32 Å². The van der Waals surface area contributed by atoms with Gasteiger partial charge >= 0.3 is 5.97 Å². The van der Waals surface area contributed by atoms with Crippen molar-refractivity contribution in [2.24, 2.45) is 11.8 Å². The molecule has 19 heavy (non-hydrogen) atoms. The molecule has 1 amide bonds. The van der Waals surface area contributed by atoms with Crippen molar-refractivity contribution < 1.29 is 19.1 Å². The highest BCUT2D eigenvalue weighted by Crippen LogP contribution is 2.58. The molecule has 1 aliphatic carbocycles. The summed E-state index contributed by atoms with van der Waals surface area (Å²) >= 11 is 0. The summed E-state index contributed by atoms with van der Waals surface area (Å²) in [4.78, 5) is 24.0. The van der Waals surface area contributed by atoms with Crippen molar-refractivity contribution in [3.8, 4) is 0 Å². The highest BCUT2D eigenvalue weighted by molar-refractivity contribution is 6.00. The van der Waals surface area contributed by atoms with Crippen molar-refractivity contribution in [2.45, 2.75) is 12.0 Å². The lowest BCUT2D eigenvalue weighted by molar-refractivity contribution is -0.204. The minimum Gasteiger partial charge on any atom is -0.469 e. The van der Waals surface area contributed by atoms with Crippen molar-refractivity contribution in [2.75, 3.05) is 19.5 Å². The Morgan fingerprint density at radius 2 is 2.11 bits per heavy atom. The van der Waals surface area contributed by atoms with Crippen LogP contribution in [-0.4, -0.2) is 26.1 Å². The summed E-state index contributed by atoms with van der Waals surface area (Å²) in [5, 5.41) is 2.86. The van der Waals surface area contributed by atoms with Crippen LogP contribution in [0.4, 0.5) is 5.69 Å². The quantitative estimate of drug-likeness (QED) is 0.815. The zero-order chi connectivity index (χ0) is 13.6. The van der Waals surface area contributed by atoms with Crippen LogP contribution in [0.15, 0.2) is 24.3 Å².